The fourth-order valence-electron chi connectivity index (χ4n) is 2.49. The van der Waals surface area contributed by atoms with Gasteiger partial charge in [0, 0.05) is 0 Å². The van der Waals surface area contributed by atoms with Crippen molar-refractivity contribution < 1.29 is 66.3 Å². The van der Waals surface area contributed by atoms with Crippen LogP contribution in [-0.4, -0.2) is 13.2 Å². The molecule has 0 fully saturated rings. The normalized spacial score (nSPS) is 9.54. The van der Waals surface area contributed by atoms with Crippen molar-refractivity contribution in [1.29, 1.82) is 0 Å². The fourth-order valence-corrected chi connectivity index (χ4v) is 2.49. The molecule has 4 aromatic carbocycles. The summed E-state index contributed by atoms with van der Waals surface area (Å²) < 4.78 is 109. The molecule has 208 valence electrons. The smallest absolute Gasteiger partial charge is 0.513 e. The van der Waals surface area contributed by atoms with Crippen LogP contribution in [0.5, 0.6) is 11.5 Å². The van der Waals surface area contributed by atoms with E-state index in [9.17, 15) is 35.1 Å². The predicted octanol–water partition coefficient (Wildman–Crippen LogP) is 8.31. The van der Waals surface area contributed by atoms with Crippen molar-refractivity contribution in [3.63, 3.8) is 0 Å². The minimum atomic E-state index is -1.60. The second-order valence-electron chi connectivity index (χ2n) is 7.21. The largest absolute Gasteiger partial charge is 4.00 e. The maximum Gasteiger partial charge on any atom is 4.00 e. The maximum atomic E-state index is 12.7. The molecule has 39 heavy (non-hydrogen) atoms. The Morgan fingerprint density at radius 3 is 0.923 bits per heavy atom. The molecule has 2 nitrogen and oxygen atoms in total. The van der Waals surface area contributed by atoms with Crippen LogP contribution in [0.3, 0.4) is 0 Å². The van der Waals surface area contributed by atoms with Crippen molar-refractivity contribution >= 4 is 0 Å². The van der Waals surface area contributed by atoms with E-state index >= 15 is 0 Å². The van der Waals surface area contributed by atoms with Gasteiger partial charge in [-0.1, -0.05) is 13.8 Å². The molecule has 0 aromatic heterocycles. The molecular weight excluding hydrogens is 568 g/mol. The molecule has 4 aromatic rings. The third kappa shape index (κ3) is 11.7. The van der Waals surface area contributed by atoms with Crippen LogP contribution >= 0.6 is 0 Å². The van der Waals surface area contributed by atoms with Crippen molar-refractivity contribution in [2.75, 3.05) is 13.2 Å². The number of benzene rings is 2. The average molecular weight is 592 g/mol. The minimum absolute atomic E-state index is 0. The molecule has 0 bridgehead atoms. The first-order valence-electron chi connectivity index (χ1n) is 11.1. The molecular formula is C28H24F8O2Ti. The third-order valence-electron chi connectivity index (χ3n) is 4.24. The Bertz CT molecular complexity index is 1090. The molecule has 0 atom stereocenters. The zero-order valence-electron chi connectivity index (χ0n) is 21.4. The Labute approximate surface area is 236 Å². The number of ether oxygens (including phenoxy) is 2. The molecule has 0 radical (unpaired) electrons. The maximum absolute atomic E-state index is 12.7. The second-order valence-corrected chi connectivity index (χ2v) is 7.21. The topological polar surface area (TPSA) is 18.5 Å². The van der Waals surface area contributed by atoms with Gasteiger partial charge >= 0.3 is 21.7 Å². The van der Waals surface area contributed by atoms with E-state index in [1.54, 1.807) is 0 Å². The van der Waals surface area contributed by atoms with Crippen LogP contribution in [0.4, 0.5) is 35.1 Å². The van der Waals surface area contributed by atoms with Crippen molar-refractivity contribution in [3.8, 4) is 11.5 Å². The summed E-state index contributed by atoms with van der Waals surface area (Å²) in [6.45, 7) is 6.87. The van der Waals surface area contributed by atoms with Crippen molar-refractivity contribution in [3.05, 3.63) is 118 Å². The molecule has 11 heteroatoms. The summed E-state index contributed by atoms with van der Waals surface area (Å²) in [6.07, 6.45) is 0. The van der Waals surface area contributed by atoms with E-state index in [1.807, 2.05) is 24.3 Å². The van der Waals surface area contributed by atoms with E-state index in [0.717, 1.165) is 0 Å². The first kappa shape index (κ1) is 35.9. The van der Waals surface area contributed by atoms with Crippen LogP contribution in [-0.2, 0) is 21.7 Å². The van der Waals surface area contributed by atoms with Crippen molar-refractivity contribution in [1.82, 2.24) is 0 Å². The molecule has 0 saturated carbocycles. The van der Waals surface area contributed by atoms with Gasteiger partial charge in [-0.15, -0.1) is 12.1 Å². The number of aryl methyl sites for hydroxylation is 2. The summed E-state index contributed by atoms with van der Waals surface area (Å²) in [5.41, 5.74) is 2.69. The molecule has 0 heterocycles. The minimum Gasteiger partial charge on any atom is -0.513 e. The molecule has 0 saturated heterocycles. The average Bonchev–Trinajstić information content (AvgIpc) is 3.56. The van der Waals surface area contributed by atoms with Gasteiger partial charge in [0.15, 0.2) is 0 Å². The summed E-state index contributed by atoms with van der Waals surface area (Å²) >= 11 is 0. The Hall–Kier alpha value is -3.11. The molecule has 0 amide bonds. The quantitative estimate of drug-likeness (QED) is 0.103. The second kappa shape index (κ2) is 18.2. The summed E-state index contributed by atoms with van der Waals surface area (Å²) in [4.78, 5) is 0. The summed E-state index contributed by atoms with van der Waals surface area (Å²) in [5.74, 6) is -14.7. The number of rotatable bonds is 4. The molecule has 0 aliphatic heterocycles. The predicted molar refractivity (Wildman–Crippen MR) is 126 cm³/mol. The standard InChI is InChI=1S/2C8H5F4O.2C6H7.Ti/c2*1-2-13-8-6(11)4(9)3-5(10)7(8)12;2*1-6-4-2-3-5-6;/h2*2H2,1H3;2*2-5H,1H3;/q4*-1;+4. The Balaban J connectivity index is 0.000000518. The third-order valence-corrected chi connectivity index (χ3v) is 4.24. The van der Waals surface area contributed by atoms with Crippen molar-refractivity contribution in [2.24, 2.45) is 0 Å². The molecule has 0 aliphatic rings. The van der Waals surface area contributed by atoms with E-state index in [-0.39, 0.29) is 34.9 Å². The van der Waals surface area contributed by atoms with Gasteiger partial charge in [-0.25, -0.2) is 41.8 Å². The zero-order chi connectivity index (χ0) is 28.8. The molecule has 4 rings (SSSR count). The van der Waals surface area contributed by atoms with Crippen molar-refractivity contribution in [2.45, 2.75) is 27.7 Å². The summed E-state index contributed by atoms with van der Waals surface area (Å²) in [5, 5.41) is 0. The van der Waals surface area contributed by atoms with Gasteiger partial charge in [0.05, 0.1) is 71.3 Å². The Kier molecular flexibility index (Phi) is 16.8. The van der Waals surface area contributed by atoms with E-state index < -0.39 is 58.0 Å². The number of hydrogen-bond donors (Lipinski definition) is 0. The first-order chi connectivity index (χ1) is 17.9. The van der Waals surface area contributed by atoms with Gasteiger partial charge in [-0.05, 0) is 13.8 Å². The molecule has 0 spiro atoms. The van der Waals surface area contributed by atoms with Crippen LogP contribution in [0.2, 0.25) is 0 Å². The number of halogens is 8. The van der Waals surface area contributed by atoms with Crippen LogP contribution in [0.1, 0.15) is 25.0 Å². The van der Waals surface area contributed by atoms with Gasteiger partial charge in [-0.3, -0.25) is 17.6 Å². The van der Waals surface area contributed by atoms with Crippen LogP contribution in [0, 0.1) is 72.5 Å². The fraction of sp³-hybridized carbons (Fsp3) is 0.214. The van der Waals surface area contributed by atoms with Crippen LogP contribution in [0.25, 0.3) is 0 Å². The van der Waals surface area contributed by atoms with Gasteiger partial charge in [0.25, 0.3) is 0 Å². The van der Waals surface area contributed by atoms with Gasteiger partial charge < -0.3 is 9.47 Å². The van der Waals surface area contributed by atoms with E-state index in [0.29, 0.717) is 0 Å². The van der Waals surface area contributed by atoms with Crippen LogP contribution < -0.4 is 9.47 Å². The first-order valence-corrected chi connectivity index (χ1v) is 11.1. The van der Waals surface area contributed by atoms with Gasteiger partial charge in [-0.2, -0.15) is 35.4 Å². The molecule has 0 N–H and O–H groups in total. The van der Waals surface area contributed by atoms with Crippen LogP contribution in [0.15, 0.2) is 48.5 Å². The monoisotopic (exact) mass is 592 g/mol. The van der Waals surface area contributed by atoms with E-state index in [2.05, 4.69) is 47.6 Å². The summed E-state index contributed by atoms with van der Waals surface area (Å²) in [6, 6.07) is 19.0. The molecule has 0 unspecified atom stereocenters. The number of hydrogen-bond acceptors (Lipinski definition) is 2. The van der Waals surface area contributed by atoms with E-state index in [4.69, 9.17) is 0 Å². The van der Waals surface area contributed by atoms with Gasteiger partial charge in [0.1, 0.15) is 0 Å². The SMILES string of the molecule is CCOc1c(F)c(F)[c-]c(F)c1F.CCOc1c(F)c(F)[c-]c(F)c1F.C[c-]1cccc1.C[c-]1cccc1.[Ti+4]. The van der Waals surface area contributed by atoms with Gasteiger partial charge in [0.2, 0.25) is 0 Å². The Morgan fingerprint density at radius 2 is 0.769 bits per heavy atom. The zero-order valence-corrected chi connectivity index (χ0v) is 22.9. The molecule has 0 aliphatic carbocycles. The Morgan fingerprint density at radius 1 is 0.538 bits per heavy atom. The van der Waals surface area contributed by atoms with E-state index in [1.165, 1.54) is 37.1 Å². The summed E-state index contributed by atoms with van der Waals surface area (Å²) in [7, 11) is 0.